The van der Waals surface area contributed by atoms with Crippen LogP contribution in [0.4, 0.5) is 5.69 Å². The molecule has 1 heterocycles. The van der Waals surface area contributed by atoms with Crippen LogP contribution in [0.2, 0.25) is 0 Å². The number of nitrogens with zero attached hydrogens (tertiary/aromatic N) is 1. The van der Waals surface area contributed by atoms with Gasteiger partial charge < -0.3 is 14.8 Å². The predicted octanol–water partition coefficient (Wildman–Crippen LogP) is 2.36. The molecule has 1 amide bonds. The minimum atomic E-state index is -3.70. The SMILES string of the molecule is COc1ccccc1NC(=O)c1cccc(S(=O)(=O)N2CCOCC2C)c1. The van der Waals surface area contributed by atoms with Crippen molar-refractivity contribution >= 4 is 21.6 Å². The fraction of sp³-hybridized carbons (Fsp3) is 0.316. The van der Waals surface area contributed by atoms with Crippen molar-refractivity contribution in [3.63, 3.8) is 0 Å². The minimum absolute atomic E-state index is 0.0870. The van der Waals surface area contributed by atoms with Crippen molar-refractivity contribution in [1.82, 2.24) is 4.31 Å². The van der Waals surface area contributed by atoms with Crippen LogP contribution in [0, 0.1) is 0 Å². The maximum Gasteiger partial charge on any atom is 0.255 e. The average Bonchev–Trinajstić information content (AvgIpc) is 2.68. The standard InChI is InChI=1S/C19H22N2O5S/c1-14-13-26-11-10-21(14)27(23,24)16-7-5-6-15(12-16)19(22)20-17-8-3-4-9-18(17)25-2/h3-9,12,14H,10-11,13H2,1-2H3,(H,20,22). The molecule has 2 aromatic rings. The second-order valence-corrected chi connectivity index (χ2v) is 8.11. The summed E-state index contributed by atoms with van der Waals surface area (Å²) in [5.41, 5.74) is 0.767. The molecular formula is C19H22N2O5S. The van der Waals surface area contributed by atoms with Gasteiger partial charge in [-0.3, -0.25) is 4.79 Å². The number of para-hydroxylation sites is 2. The minimum Gasteiger partial charge on any atom is -0.495 e. The van der Waals surface area contributed by atoms with Crippen LogP contribution in [0.1, 0.15) is 17.3 Å². The Morgan fingerprint density at radius 2 is 2.00 bits per heavy atom. The Bertz CT molecular complexity index is 929. The van der Waals surface area contributed by atoms with Gasteiger partial charge in [-0.15, -0.1) is 0 Å². The number of sulfonamides is 1. The zero-order valence-electron chi connectivity index (χ0n) is 15.2. The van der Waals surface area contributed by atoms with Crippen LogP contribution in [0.5, 0.6) is 5.75 Å². The van der Waals surface area contributed by atoms with E-state index in [9.17, 15) is 13.2 Å². The van der Waals surface area contributed by atoms with E-state index in [1.54, 1.807) is 43.3 Å². The van der Waals surface area contributed by atoms with E-state index >= 15 is 0 Å². The van der Waals surface area contributed by atoms with Gasteiger partial charge in [0.1, 0.15) is 5.75 Å². The Morgan fingerprint density at radius 3 is 2.74 bits per heavy atom. The number of morpholine rings is 1. The lowest BCUT2D eigenvalue weighted by atomic mass is 10.2. The third-order valence-corrected chi connectivity index (χ3v) is 6.37. The van der Waals surface area contributed by atoms with Gasteiger partial charge in [0.25, 0.3) is 5.91 Å². The van der Waals surface area contributed by atoms with Gasteiger partial charge in [0.05, 0.1) is 30.9 Å². The van der Waals surface area contributed by atoms with Crippen molar-refractivity contribution < 1.29 is 22.7 Å². The molecule has 1 N–H and O–H groups in total. The molecule has 144 valence electrons. The van der Waals surface area contributed by atoms with Gasteiger partial charge in [-0.05, 0) is 37.3 Å². The van der Waals surface area contributed by atoms with Crippen molar-refractivity contribution in [1.29, 1.82) is 0 Å². The molecule has 0 spiro atoms. The van der Waals surface area contributed by atoms with Crippen LogP contribution in [0.25, 0.3) is 0 Å². The largest absolute Gasteiger partial charge is 0.495 e. The first kappa shape index (κ1) is 19.3. The molecule has 0 saturated carbocycles. The number of rotatable bonds is 5. The number of carbonyl (C=O) groups excluding carboxylic acids is 1. The molecule has 0 aromatic heterocycles. The summed E-state index contributed by atoms with van der Waals surface area (Å²) < 4.78 is 37.8. The number of benzene rings is 2. The van der Waals surface area contributed by atoms with E-state index in [2.05, 4.69) is 5.32 Å². The molecule has 27 heavy (non-hydrogen) atoms. The van der Waals surface area contributed by atoms with Crippen LogP contribution in [0.3, 0.4) is 0 Å². The third kappa shape index (κ3) is 4.13. The first-order valence-corrected chi connectivity index (χ1v) is 10.0. The fourth-order valence-electron chi connectivity index (χ4n) is 2.94. The Kier molecular flexibility index (Phi) is 5.79. The van der Waals surface area contributed by atoms with E-state index in [1.165, 1.54) is 23.5 Å². The van der Waals surface area contributed by atoms with Gasteiger partial charge in [-0.25, -0.2) is 8.42 Å². The first-order chi connectivity index (χ1) is 12.9. The molecule has 0 bridgehead atoms. The maximum atomic E-state index is 12.9. The summed E-state index contributed by atoms with van der Waals surface area (Å²) in [4.78, 5) is 12.7. The number of carbonyl (C=O) groups is 1. The Labute approximate surface area is 158 Å². The maximum absolute atomic E-state index is 12.9. The lowest BCUT2D eigenvalue weighted by Gasteiger charge is -2.32. The summed E-state index contributed by atoms with van der Waals surface area (Å²) in [6.45, 7) is 2.81. The molecule has 7 nitrogen and oxygen atoms in total. The van der Waals surface area contributed by atoms with Gasteiger partial charge in [-0.1, -0.05) is 18.2 Å². The quantitative estimate of drug-likeness (QED) is 0.847. The predicted molar refractivity (Wildman–Crippen MR) is 102 cm³/mol. The molecule has 1 saturated heterocycles. The number of hydrogen-bond acceptors (Lipinski definition) is 5. The van der Waals surface area contributed by atoms with Gasteiger partial charge in [0.15, 0.2) is 0 Å². The zero-order chi connectivity index (χ0) is 19.4. The second-order valence-electron chi connectivity index (χ2n) is 6.22. The van der Waals surface area contributed by atoms with Crippen molar-refractivity contribution in [2.45, 2.75) is 17.9 Å². The smallest absolute Gasteiger partial charge is 0.255 e. The molecule has 1 aliphatic heterocycles. The van der Waals surface area contributed by atoms with Crippen LogP contribution in [-0.4, -0.2) is 51.5 Å². The van der Waals surface area contributed by atoms with Crippen molar-refractivity contribution in [2.75, 3.05) is 32.2 Å². The summed E-state index contributed by atoms with van der Waals surface area (Å²) in [5, 5.41) is 2.75. The van der Waals surface area contributed by atoms with E-state index in [0.29, 0.717) is 31.2 Å². The van der Waals surface area contributed by atoms with Crippen molar-refractivity contribution in [3.05, 3.63) is 54.1 Å². The summed E-state index contributed by atoms with van der Waals surface area (Å²) in [7, 11) is -2.19. The van der Waals surface area contributed by atoms with Crippen molar-refractivity contribution in [2.24, 2.45) is 0 Å². The molecule has 0 aliphatic carbocycles. The fourth-order valence-corrected chi connectivity index (χ4v) is 4.59. The highest BCUT2D eigenvalue weighted by Gasteiger charge is 2.31. The summed E-state index contributed by atoms with van der Waals surface area (Å²) in [6, 6.07) is 12.8. The van der Waals surface area contributed by atoms with Crippen LogP contribution in [0.15, 0.2) is 53.4 Å². The van der Waals surface area contributed by atoms with Gasteiger partial charge in [-0.2, -0.15) is 4.31 Å². The Morgan fingerprint density at radius 1 is 1.22 bits per heavy atom. The zero-order valence-corrected chi connectivity index (χ0v) is 16.0. The average molecular weight is 390 g/mol. The number of hydrogen-bond donors (Lipinski definition) is 1. The van der Waals surface area contributed by atoms with E-state index in [0.717, 1.165) is 0 Å². The van der Waals surface area contributed by atoms with Gasteiger partial charge in [0, 0.05) is 18.2 Å². The van der Waals surface area contributed by atoms with Crippen LogP contribution in [-0.2, 0) is 14.8 Å². The summed E-state index contributed by atoms with van der Waals surface area (Å²) >= 11 is 0. The van der Waals surface area contributed by atoms with E-state index < -0.39 is 15.9 Å². The molecule has 8 heteroatoms. The summed E-state index contributed by atoms with van der Waals surface area (Å²) in [6.07, 6.45) is 0. The molecular weight excluding hydrogens is 368 g/mol. The van der Waals surface area contributed by atoms with Crippen molar-refractivity contribution in [3.8, 4) is 5.75 Å². The molecule has 1 fully saturated rings. The number of ether oxygens (including phenoxy) is 2. The number of methoxy groups -OCH3 is 1. The lowest BCUT2D eigenvalue weighted by Crippen LogP contribution is -2.46. The van der Waals surface area contributed by atoms with E-state index in [1.807, 2.05) is 0 Å². The molecule has 3 rings (SSSR count). The third-order valence-electron chi connectivity index (χ3n) is 4.36. The molecule has 2 aromatic carbocycles. The molecule has 0 radical (unpaired) electrons. The molecule has 1 unspecified atom stereocenters. The normalized spacial score (nSPS) is 18.1. The number of anilines is 1. The number of amides is 1. The lowest BCUT2D eigenvalue weighted by molar-refractivity contribution is 0.0393. The topological polar surface area (TPSA) is 84.9 Å². The summed E-state index contributed by atoms with van der Waals surface area (Å²) in [5.74, 6) is 0.114. The second kappa shape index (κ2) is 8.08. The monoisotopic (exact) mass is 390 g/mol. The highest BCUT2D eigenvalue weighted by atomic mass is 32.2. The Balaban J connectivity index is 1.85. The molecule has 1 atom stereocenters. The first-order valence-electron chi connectivity index (χ1n) is 8.57. The van der Waals surface area contributed by atoms with E-state index in [-0.39, 0.29) is 16.5 Å². The van der Waals surface area contributed by atoms with E-state index in [4.69, 9.17) is 9.47 Å². The number of nitrogens with one attached hydrogen (secondary N) is 1. The van der Waals surface area contributed by atoms with Gasteiger partial charge in [0.2, 0.25) is 10.0 Å². The van der Waals surface area contributed by atoms with Gasteiger partial charge >= 0.3 is 0 Å². The Hall–Kier alpha value is -2.42. The van der Waals surface area contributed by atoms with Crippen LogP contribution < -0.4 is 10.1 Å². The highest BCUT2D eigenvalue weighted by Crippen LogP contribution is 2.25. The highest BCUT2D eigenvalue weighted by molar-refractivity contribution is 7.89. The molecule has 1 aliphatic rings. The van der Waals surface area contributed by atoms with Crippen LogP contribution >= 0.6 is 0 Å².